The normalized spacial score (nSPS) is 13.0. The van der Waals surface area contributed by atoms with E-state index >= 15 is 0 Å². The highest BCUT2D eigenvalue weighted by Gasteiger charge is 2.17. The van der Waals surface area contributed by atoms with E-state index in [4.69, 9.17) is 0 Å². The zero-order valence-electron chi connectivity index (χ0n) is 14.7. The summed E-state index contributed by atoms with van der Waals surface area (Å²) < 4.78 is 2.04. The minimum atomic E-state index is 0.140. The second-order valence-electron chi connectivity index (χ2n) is 6.34. The molecule has 0 amide bonds. The lowest BCUT2D eigenvalue weighted by atomic mass is 10.0. The number of aromatic nitrogens is 4. The van der Waals surface area contributed by atoms with Crippen molar-refractivity contribution in [2.45, 2.75) is 37.9 Å². The van der Waals surface area contributed by atoms with Crippen LogP contribution in [0.2, 0.25) is 0 Å². The van der Waals surface area contributed by atoms with Gasteiger partial charge in [-0.3, -0.25) is 9.78 Å². The van der Waals surface area contributed by atoms with Gasteiger partial charge in [0.15, 0.2) is 16.8 Å². The summed E-state index contributed by atoms with van der Waals surface area (Å²) in [5.41, 5.74) is 4.50. The first-order valence-corrected chi connectivity index (χ1v) is 9.86. The number of hydrogen-bond donors (Lipinski definition) is 0. The number of Topliss-reactive ketones (excluding diaryl/α,β-unsaturated/α-hetero) is 1. The van der Waals surface area contributed by atoms with Crippen LogP contribution in [0.25, 0.3) is 11.4 Å². The summed E-state index contributed by atoms with van der Waals surface area (Å²) in [6.45, 7) is 2.81. The number of hydrogen-bond acceptors (Lipinski definition) is 5. The fourth-order valence-corrected chi connectivity index (χ4v) is 4.25. The Morgan fingerprint density at radius 1 is 1.12 bits per heavy atom. The average Bonchev–Trinajstić information content (AvgIpc) is 3.32. The molecule has 0 bridgehead atoms. The number of nitrogens with zero attached hydrogens (tertiary/aromatic N) is 4. The van der Waals surface area contributed by atoms with Crippen LogP contribution in [0.5, 0.6) is 0 Å². The number of thioether (sulfide) groups is 1. The van der Waals surface area contributed by atoms with Crippen LogP contribution in [0.15, 0.2) is 47.9 Å². The fourth-order valence-electron chi connectivity index (χ4n) is 3.35. The molecule has 0 radical (unpaired) electrons. The van der Waals surface area contributed by atoms with E-state index in [1.807, 2.05) is 22.8 Å². The Balaban J connectivity index is 1.49. The van der Waals surface area contributed by atoms with E-state index in [0.717, 1.165) is 41.5 Å². The van der Waals surface area contributed by atoms with Crippen molar-refractivity contribution >= 4 is 17.5 Å². The van der Waals surface area contributed by atoms with Gasteiger partial charge in [-0.05, 0) is 55.5 Å². The van der Waals surface area contributed by atoms with Crippen molar-refractivity contribution in [2.75, 3.05) is 5.75 Å². The Morgan fingerprint density at radius 2 is 1.92 bits per heavy atom. The molecule has 132 valence electrons. The van der Waals surface area contributed by atoms with Crippen LogP contribution in [-0.2, 0) is 19.4 Å². The van der Waals surface area contributed by atoms with Crippen LogP contribution in [0.1, 0.15) is 34.8 Å². The van der Waals surface area contributed by atoms with E-state index in [0.29, 0.717) is 5.75 Å². The lowest BCUT2D eigenvalue weighted by molar-refractivity contribution is 0.102. The summed E-state index contributed by atoms with van der Waals surface area (Å²) in [6, 6.07) is 9.97. The van der Waals surface area contributed by atoms with E-state index in [9.17, 15) is 4.79 Å². The molecule has 26 heavy (non-hydrogen) atoms. The molecule has 0 saturated heterocycles. The first-order chi connectivity index (χ1) is 12.8. The lowest BCUT2D eigenvalue weighted by Gasteiger charge is -2.07. The molecule has 0 unspecified atom stereocenters. The Labute approximate surface area is 156 Å². The van der Waals surface area contributed by atoms with Gasteiger partial charge in [-0.15, -0.1) is 10.2 Å². The molecule has 1 aliphatic carbocycles. The molecule has 2 heterocycles. The van der Waals surface area contributed by atoms with E-state index < -0.39 is 0 Å². The van der Waals surface area contributed by atoms with Gasteiger partial charge in [0.25, 0.3) is 0 Å². The zero-order chi connectivity index (χ0) is 17.9. The van der Waals surface area contributed by atoms with Gasteiger partial charge in [0.1, 0.15) is 0 Å². The van der Waals surface area contributed by atoms with Gasteiger partial charge >= 0.3 is 0 Å². The second-order valence-corrected chi connectivity index (χ2v) is 7.28. The highest BCUT2D eigenvalue weighted by atomic mass is 32.2. The third kappa shape index (κ3) is 3.29. The number of ketones is 1. The van der Waals surface area contributed by atoms with Gasteiger partial charge in [0.2, 0.25) is 0 Å². The van der Waals surface area contributed by atoms with Crippen molar-refractivity contribution in [3.63, 3.8) is 0 Å². The number of carbonyl (C=O) groups excluding carboxylic acids is 1. The largest absolute Gasteiger partial charge is 0.302 e. The number of pyridine rings is 1. The molecule has 4 rings (SSSR count). The molecule has 0 saturated carbocycles. The van der Waals surface area contributed by atoms with Gasteiger partial charge in [0, 0.05) is 30.1 Å². The third-order valence-corrected chi connectivity index (χ3v) is 5.69. The lowest BCUT2D eigenvalue weighted by Crippen LogP contribution is -2.06. The van der Waals surface area contributed by atoms with Gasteiger partial charge in [-0.25, -0.2) is 0 Å². The quantitative estimate of drug-likeness (QED) is 0.491. The van der Waals surface area contributed by atoms with Crippen molar-refractivity contribution in [1.29, 1.82) is 0 Å². The van der Waals surface area contributed by atoms with Gasteiger partial charge in [-0.1, -0.05) is 23.9 Å². The summed E-state index contributed by atoms with van der Waals surface area (Å²) in [5, 5.41) is 9.37. The van der Waals surface area contributed by atoms with Crippen LogP contribution in [0.3, 0.4) is 0 Å². The van der Waals surface area contributed by atoms with Crippen LogP contribution in [0.4, 0.5) is 0 Å². The first kappa shape index (κ1) is 17.0. The molecule has 0 atom stereocenters. The predicted octanol–water partition coefficient (Wildman–Crippen LogP) is 3.82. The van der Waals surface area contributed by atoms with Crippen LogP contribution < -0.4 is 0 Å². The minimum absolute atomic E-state index is 0.140. The summed E-state index contributed by atoms with van der Waals surface area (Å²) in [7, 11) is 0. The zero-order valence-corrected chi connectivity index (χ0v) is 15.5. The molecule has 0 aliphatic heterocycles. The Kier molecular flexibility index (Phi) is 4.84. The van der Waals surface area contributed by atoms with Crippen molar-refractivity contribution in [3.8, 4) is 11.4 Å². The smallest absolute Gasteiger partial charge is 0.191 e. The van der Waals surface area contributed by atoms with Crippen molar-refractivity contribution in [1.82, 2.24) is 19.7 Å². The second kappa shape index (κ2) is 7.41. The third-order valence-electron chi connectivity index (χ3n) is 4.72. The molecule has 2 aromatic heterocycles. The molecule has 0 fully saturated rings. The van der Waals surface area contributed by atoms with E-state index in [2.05, 4.69) is 34.2 Å². The molecule has 1 aliphatic rings. The number of fused-ring (bicyclic) bond motifs is 1. The molecule has 5 nitrogen and oxygen atoms in total. The average molecular weight is 364 g/mol. The van der Waals surface area contributed by atoms with Gasteiger partial charge in [0.05, 0.1) is 5.75 Å². The molecule has 0 spiro atoms. The van der Waals surface area contributed by atoms with E-state index in [1.165, 1.54) is 29.3 Å². The Hall–Kier alpha value is -2.47. The summed E-state index contributed by atoms with van der Waals surface area (Å²) in [4.78, 5) is 16.7. The molecular weight excluding hydrogens is 344 g/mol. The van der Waals surface area contributed by atoms with Crippen LogP contribution in [-0.4, -0.2) is 31.3 Å². The number of benzene rings is 1. The van der Waals surface area contributed by atoms with Gasteiger partial charge < -0.3 is 4.57 Å². The van der Waals surface area contributed by atoms with Crippen molar-refractivity contribution in [2.24, 2.45) is 0 Å². The predicted molar refractivity (Wildman–Crippen MR) is 102 cm³/mol. The van der Waals surface area contributed by atoms with E-state index in [1.54, 1.807) is 12.4 Å². The summed E-state index contributed by atoms with van der Waals surface area (Å²) >= 11 is 1.45. The van der Waals surface area contributed by atoms with Crippen LogP contribution >= 0.6 is 11.8 Å². The summed E-state index contributed by atoms with van der Waals surface area (Å²) in [6.07, 6.45) is 6.90. The number of aryl methyl sites for hydroxylation is 2. The van der Waals surface area contributed by atoms with Crippen molar-refractivity contribution in [3.05, 3.63) is 59.4 Å². The highest BCUT2D eigenvalue weighted by molar-refractivity contribution is 7.99. The van der Waals surface area contributed by atoms with E-state index in [-0.39, 0.29) is 5.78 Å². The summed E-state index contributed by atoms with van der Waals surface area (Å²) in [5.74, 6) is 1.32. The number of carbonyl (C=O) groups is 1. The standard InChI is InChI=1S/C20H20N4OS/c1-2-24-19(15-8-10-21-11-9-15)22-23-20(24)26-13-18(25)17-7-6-14-4-3-5-16(14)12-17/h6-12H,2-5,13H2,1H3. The maximum absolute atomic E-state index is 12.6. The Morgan fingerprint density at radius 3 is 2.73 bits per heavy atom. The molecular formula is C20H20N4OS. The monoisotopic (exact) mass is 364 g/mol. The molecule has 0 N–H and O–H groups in total. The highest BCUT2D eigenvalue weighted by Crippen LogP contribution is 2.26. The Bertz CT molecular complexity index is 936. The SMILES string of the molecule is CCn1c(SCC(=O)c2ccc3c(c2)CCC3)nnc1-c1ccncc1. The first-order valence-electron chi connectivity index (χ1n) is 8.87. The molecule has 3 aromatic rings. The topological polar surface area (TPSA) is 60.7 Å². The maximum atomic E-state index is 12.6. The number of rotatable bonds is 6. The van der Waals surface area contributed by atoms with Crippen LogP contribution in [0, 0.1) is 0 Å². The molecule has 6 heteroatoms. The fraction of sp³-hybridized carbons (Fsp3) is 0.300. The maximum Gasteiger partial charge on any atom is 0.191 e. The van der Waals surface area contributed by atoms with Gasteiger partial charge in [-0.2, -0.15) is 0 Å². The molecule has 1 aromatic carbocycles. The minimum Gasteiger partial charge on any atom is -0.302 e. The van der Waals surface area contributed by atoms with Crippen molar-refractivity contribution < 1.29 is 4.79 Å².